The van der Waals surface area contributed by atoms with Gasteiger partial charge in [0.1, 0.15) is 0 Å². The molecule has 0 unspecified atom stereocenters. The van der Waals surface area contributed by atoms with E-state index in [0.717, 1.165) is 0 Å². The number of anilines is 1. The maximum Gasteiger partial charge on any atom is 0.317 e. The minimum Gasteiger partial charge on any atom is -0.407 e. The largest absolute Gasteiger partial charge is 0.407 e. The summed E-state index contributed by atoms with van der Waals surface area (Å²) in [5, 5.41) is 11.0. The molecule has 0 fully saturated rings. The van der Waals surface area contributed by atoms with Crippen LogP contribution in [0.4, 0.5) is 6.01 Å². The van der Waals surface area contributed by atoms with Gasteiger partial charge in [-0.25, -0.2) is 0 Å². The molecule has 0 bridgehead atoms. The zero-order valence-corrected chi connectivity index (χ0v) is 8.53. The molecule has 1 N–H and O–H groups in total. The van der Waals surface area contributed by atoms with Gasteiger partial charge >= 0.3 is 6.01 Å². The first-order valence-corrected chi connectivity index (χ1v) is 4.32. The van der Waals surface area contributed by atoms with Crippen LogP contribution < -0.4 is 10.2 Å². The molecule has 5 heteroatoms. The summed E-state index contributed by atoms with van der Waals surface area (Å²) < 4.78 is 5.34. The van der Waals surface area contributed by atoms with Crippen molar-refractivity contribution in [2.75, 3.05) is 19.0 Å². The minimum absolute atomic E-state index is 0.426. The third-order valence-electron chi connectivity index (χ3n) is 1.50. The van der Waals surface area contributed by atoms with E-state index in [0.29, 0.717) is 24.5 Å². The van der Waals surface area contributed by atoms with Gasteiger partial charge < -0.3 is 14.6 Å². The summed E-state index contributed by atoms with van der Waals surface area (Å²) in [4.78, 5) is 1.78. The highest BCUT2D eigenvalue weighted by Gasteiger charge is 2.06. The van der Waals surface area contributed by atoms with Crippen molar-refractivity contribution >= 4 is 6.01 Å². The summed E-state index contributed by atoms with van der Waals surface area (Å²) in [7, 11) is 3.74. The van der Waals surface area contributed by atoms with Gasteiger partial charge in [-0.2, -0.15) is 0 Å². The monoisotopic (exact) mass is 184 g/mol. The van der Waals surface area contributed by atoms with Gasteiger partial charge in [0.2, 0.25) is 5.89 Å². The van der Waals surface area contributed by atoms with Gasteiger partial charge in [-0.05, 0) is 0 Å². The molecule has 0 aliphatic rings. The van der Waals surface area contributed by atoms with Crippen molar-refractivity contribution < 1.29 is 4.42 Å². The van der Waals surface area contributed by atoms with Crippen LogP contribution in [0.5, 0.6) is 0 Å². The number of hydrogen-bond acceptors (Lipinski definition) is 5. The van der Waals surface area contributed by atoms with Crippen LogP contribution in [-0.4, -0.2) is 30.3 Å². The van der Waals surface area contributed by atoms with Crippen molar-refractivity contribution in [3.05, 3.63) is 5.89 Å². The van der Waals surface area contributed by atoms with Crippen molar-refractivity contribution in [3.63, 3.8) is 0 Å². The SMILES string of the molecule is CC(C)NCc1nnc(N(C)C)o1. The fourth-order valence-corrected chi connectivity index (χ4v) is 0.788. The van der Waals surface area contributed by atoms with Crippen LogP contribution in [0.2, 0.25) is 0 Å². The van der Waals surface area contributed by atoms with Gasteiger partial charge in [0.05, 0.1) is 6.54 Å². The number of rotatable bonds is 4. The lowest BCUT2D eigenvalue weighted by molar-refractivity contribution is 0.453. The lowest BCUT2D eigenvalue weighted by Crippen LogP contribution is -2.21. The van der Waals surface area contributed by atoms with E-state index < -0.39 is 0 Å². The lowest BCUT2D eigenvalue weighted by atomic mass is 10.4. The second-order valence-electron chi connectivity index (χ2n) is 3.41. The average Bonchev–Trinajstić information content (AvgIpc) is 2.48. The number of aromatic nitrogens is 2. The Bertz CT molecular complexity index is 256. The van der Waals surface area contributed by atoms with Crippen LogP contribution in [0, 0.1) is 0 Å². The molecule has 0 amide bonds. The lowest BCUT2D eigenvalue weighted by Gasteiger charge is -2.05. The van der Waals surface area contributed by atoms with Gasteiger partial charge in [-0.1, -0.05) is 18.9 Å². The van der Waals surface area contributed by atoms with Crippen molar-refractivity contribution in [1.82, 2.24) is 15.5 Å². The third-order valence-corrected chi connectivity index (χ3v) is 1.50. The Labute approximate surface area is 78.1 Å². The summed E-state index contributed by atoms with van der Waals surface area (Å²) >= 11 is 0. The van der Waals surface area contributed by atoms with E-state index >= 15 is 0 Å². The highest BCUT2D eigenvalue weighted by molar-refractivity contribution is 5.19. The van der Waals surface area contributed by atoms with Crippen LogP contribution in [0.1, 0.15) is 19.7 Å². The molecule has 0 aliphatic carbocycles. The van der Waals surface area contributed by atoms with E-state index in [1.54, 1.807) is 4.90 Å². The Balaban J connectivity index is 2.49. The summed E-state index contributed by atoms with van der Waals surface area (Å²) in [5.74, 6) is 0.623. The topological polar surface area (TPSA) is 54.2 Å². The predicted molar refractivity (Wildman–Crippen MR) is 50.6 cm³/mol. The van der Waals surface area contributed by atoms with Crippen LogP contribution in [0.15, 0.2) is 4.42 Å². The predicted octanol–water partition coefficient (Wildman–Crippen LogP) is 0.634. The zero-order valence-electron chi connectivity index (χ0n) is 8.53. The summed E-state index contributed by atoms with van der Waals surface area (Å²) in [5.41, 5.74) is 0. The molecule has 0 aromatic carbocycles. The summed E-state index contributed by atoms with van der Waals surface area (Å²) in [6, 6.07) is 0.968. The van der Waals surface area contributed by atoms with Gasteiger partial charge in [0.15, 0.2) is 0 Å². The quantitative estimate of drug-likeness (QED) is 0.744. The first kappa shape index (κ1) is 9.98. The molecule has 0 atom stereocenters. The third kappa shape index (κ3) is 3.02. The Morgan fingerprint density at radius 1 is 1.38 bits per heavy atom. The molecule has 0 saturated heterocycles. The molecule has 1 aromatic rings. The van der Waals surface area contributed by atoms with Crippen molar-refractivity contribution in [1.29, 1.82) is 0 Å². The molecule has 1 aromatic heterocycles. The fourth-order valence-electron chi connectivity index (χ4n) is 0.788. The van der Waals surface area contributed by atoms with Gasteiger partial charge in [-0.3, -0.25) is 0 Å². The zero-order chi connectivity index (χ0) is 9.84. The van der Waals surface area contributed by atoms with E-state index in [-0.39, 0.29) is 0 Å². The maximum absolute atomic E-state index is 5.34. The maximum atomic E-state index is 5.34. The molecule has 74 valence electrons. The Morgan fingerprint density at radius 2 is 2.08 bits per heavy atom. The van der Waals surface area contributed by atoms with Gasteiger partial charge in [0.25, 0.3) is 0 Å². The highest BCUT2D eigenvalue weighted by atomic mass is 16.4. The van der Waals surface area contributed by atoms with Crippen molar-refractivity contribution in [3.8, 4) is 0 Å². The van der Waals surface area contributed by atoms with E-state index in [4.69, 9.17) is 4.42 Å². The number of nitrogens with zero attached hydrogens (tertiary/aromatic N) is 3. The Kier molecular flexibility index (Phi) is 3.25. The minimum atomic E-state index is 0.426. The highest BCUT2D eigenvalue weighted by Crippen LogP contribution is 2.07. The van der Waals surface area contributed by atoms with Crippen LogP contribution in [-0.2, 0) is 6.54 Å². The van der Waals surface area contributed by atoms with Crippen molar-refractivity contribution in [2.24, 2.45) is 0 Å². The van der Waals surface area contributed by atoms with Gasteiger partial charge in [0, 0.05) is 20.1 Å². The Morgan fingerprint density at radius 3 is 2.54 bits per heavy atom. The number of hydrogen-bond donors (Lipinski definition) is 1. The van der Waals surface area contributed by atoms with E-state index in [2.05, 4.69) is 29.4 Å². The van der Waals surface area contributed by atoms with E-state index in [1.165, 1.54) is 0 Å². The van der Waals surface area contributed by atoms with Crippen LogP contribution >= 0.6 is 0 Å². The second kappa shape index (κ2) is 4.23. The molecule has 0 radical (unpaired) electrons. The fraction of sp³-hybridized carbons (Fsp3) is 0.750. The number of nitrogens with one attached hydrogen (secondary N) is 1. The molecular weight excluding hydrogens is 168 g/mol. The van der Waals surface area contributed by atoms with Crippen LogP contribution in [0.3, 0.4) is 0 Å². The standard InChI is InChI=1S/C8H16N4O/c1-6(2)9-5-7-10-11-8(13-7)12(3)4/h6,9H,5H2,1-4H3. The summed E-state index contributed by atoms with van der Waals surface area (Å²) in [6.07, 6.45) is 0. The average molecular weight is 184 g/mol. The molecule has 0 spiro atoms. The molecule has 1 heterocycles. The normalized spacial score (nSPS) is 10.8. The summed E-state index contributed by atoms with van der Waals surface area (Å²) in [6.45, 7) is 4.77. The van der Waals surface area contributed by atoms with E-state index in [9.17, 15) is 0 Å². The Hall–Kier alpha value is -1.10. The first-order valence-electron chi connectivity index (χ1n) is 4.32. The first-order chi connectivity index (χ1) is 6.09. The molecular formula is C8H16N4O. The second-order valence-corrected chi connectivity index (χ2v) is 3.41. The molecule has 1 rings (SSSR count). The van der Waals surface area contributed by atoms with Gasteiger partial charge in [-0.15, -0.1) is 5.10 Å². The van der Waals surface area contributed by atoms with Crippen LogP contribution in [0.25, 0.3) is 0 Å². The molecule has 13 heavy (non-hydrogen) atoms. The van der Waals surface area contributed by atoms with Crippen molar-refractivity contribution in [2.45, 2.75) is 26.4 Å². The smallest absolute Gasteiger partial charge is 0.317 e. The molecule has 0 saturated carbocycles. The molecule has 0 aliphatic heterocycles. The van der Waals surface area contributed by atoms with E-state index in [1.807, 2.05) is 14.1 Å². The molecule has 5 nitrogen and oxygen atoms in total.